The smallest absolute Gasteiger partial charge is 0.313 e. The molecule has 3 nitrogen and oxygen atoms in total. The lowest BCUT2D eigenvalue weighted by Crippen LogP contribution is -2.12. The van der Waals surface area contributed by atoms with Gasteiger partial charge in [-0.25, -0.2) is 0 Å². The summed E-state index contributed by atoms with van der Waals surface area (Å²) in [5.41, 5.74) is 0. The molecule has 0 N–H and O–H groups in total. The Hall–Kier alpha value is -0.860. The summed E-state index contributed by atoms with van der Waals surface area (Å²) in [6, 6.07) is 0. The average Bonchev–Trinajstić information content (AvgIpc) is 2.58. The van der Waals surface area contributed by atoms with Crippen LogP contribution in [-0.2, 0) is 14.3 Å². The van der Waals surface area contributed by atoms with Crippen molar-refractivity contribution in [2.75, 3.05) is 7.11 Å². The van der Waals surface area contributed by atoms with Crippen molar-refractivity contribution in [1.29, 1.82) is 0 Å². The summed E-state index contributed by atoms with van der Waals surface area (Å²) in [7, 11) is 1.33. The van der Waals surface area contributed by atoms with E-state index in [0.29, 0.717) is 12.3 Å². The fourth-order valence-electron chi connectivity index (χ4n) is 3.31. The largest absolute Gasteiger partial charge is 0.469 e. The van der Waals surface area contributed by atoms with Gasteiger partial charge in [-0.3, -0.25) is 9.59 Å². The Morgan fingerprint density at radius 2 is 1.20 bits per heavy atom. The van der Waals surface area contributed by atoms with Gasteiger partial charge in [-0.15, -0.1) is 0 Å². The van der Waals surface area contributed by atoms with Gasteiger partial charge < -0.3 is 4.74 Å². The minimum Gasteiger partial charge on any atom is -0.469 e. The summed E-state index contributed by atoms with van der Waals surface area (Å²) in [4.78, 5) is 22.7. The molecule has 0 aliphatic heterocycles. The SMILES string of the molecule is CCCCCCCCCCCCCCC[C@H](C)CC(=O)CC(=O)OC. The van der Waals surface area contributed by atoms with E-state index in [4.69, 9.17) is 0 Å². The van der Waals surface area contributed by atoms with Gasteiger partial charge in [0.15, 0.2) is 0 Å². The van der Waals surface area contributed by atoms with E-state index in [1.54, 1.807) is 0 Å². The van der Waals surface area contributed by atoms with Crippen molar-refractivity contribution in [3.8, 4) is 0 Å². The summed E-state index contributed by atoms with van der Waals surface area (Å²) in [6.45, 7) is 4.38. The first-order valence-corrected chi connectivity index (χ1v) is 10.7. The molecule has 0 aromatic heterocycles. The molecule has 0 radical (unpaired) electrons. The molecule has 0 spiro atoms. The van der Waals surface area contributed by atoms with Crippen LogP contribution >= 0.6 is 0 Å². The number of carbonyl (C=O) groups excluding carboxylic acids is 2. The maximum Gasteiger partial charge on any atom is 0.313 e. The van der Waals surface area contributed by atoms with Crippen LogP contribution in [0.25, 0.3) is 0 Å². The lowest BCUT2D eigenvalue weighted by Gasteiger charge is -2.10. The van der Waals surface area contributed by atoms with Crippen LogP contribution in [0.15, 0.2) is 0 Å². The van der Waals surface area contributed by atoms with Crippen LogP contribution in [0.5, 0.6) is 0 Å². The Morgan fingerprint density at radius 3 is 1.64 bits per heavy atom. The van der Waals surface area contributed by atoms with Gasteiger partial charge in [0, 0.05) is 6.42 Å². The zero-order valence-electron chi connectivity index (χ0n) is 17.1. The maximum absolute atomic E-state index is 11.7. The van der Waals surface area contributed by atoms with Crippen LogP contribution in [-0.4, -0.2) is 18.9 Å². The number of unbranched alkanes of at least 4 members (excludes halogenated alkanes) is 12. The second-order valence-corrected chi connectivity index (χ2v) is 7.63. The van der Waals surface area contributed by atoms with Gasteiger partial charge >= 0.3 is 5.97 Å². The molecule has 0 bridgehead atoms. The third-order valence-electron chi connectivity index (χ3n) is 4.95. The van der Waals surface area contributed by atoms with Crippen molar-refractivity contribution < 1.29 is 14.3 Å². The van der Waals surface area contributed by atoms with E-state index in [1.165, 1.54) is 90.6 Å². The van der Waals surface area contributed by atoms with Gasteiger partial charge in [-0.2, -0.15) is 0 Å². The highest BCUT2D eigenvalue weighted by Crippen LogP contribution is 2.17. The van der Waals surface area contributed by atoms with Gasteiger partial charge in [-0.05, 0) is 5.92 Å². The highest BCUT2D eigenvalue weighted by atomic mass is 16.5. The van der Waals surface area contributed by atoms with Crippen molar-refractivity contribution in [3.63, 3.8) is 0 Å². The van der Waals surface area contributed by atoms with Crippen molar-refractivity contribution in [2.24, 2.45) is 5.92 Å². The van der Waals surface area contributed by atoms with E-state index >= 15 is 0 Å². The highest BCUT2D eigenvalue weighted by Gasteiger charge is 2.13. The number of hydrogen-bond donors (Lipinski definition) is 0. The zero-order chi connectivity index (χ0) is 18.8. The number of carbonyl (C=O) groups is 2. The van der Waals surface area contributed by atoms with E-state index in [-0.39, 0.29) is 12.2 Å². The molecule has 0 fully saturated rings. The first-order chi connectivity index (χ1) is 12.1. The van der Waals surface area contributed by atoms with Crippen molar-refractivity contribution in [3.05, 3.63) is 0 Å². The molecule has 0 aliphatic carbocycles. The molecule has 0 aromatic carbocycles. The lowest BCUT2D eigenvalue weighted by atomic mass is 9.96. The monoisotopic (exact) mass is 354 g/mol. The number of esters is 1. The van der Waals surface area contributed by atoms with Crippen LogP contribution in [0.4, 0.5) is 0 Å². The first kappa shape index (κ1) is 24.1. The van der Waals surface area contributed by atoms with Crippen LogP contribution in [0.2, 0.25) is 0 Å². The topological polar surface area (TPSA) is 43.4 Å². The maximum atomic E-state index is 11.7. The summed E-state index contributed by atoms with van der Waals surface area (Å²) < 4.78 is 4.52. The standard InChI is InChI=1S/C22H42O3/c1-4-5-6-7-8-9-10-11-12-13-14-15-16-17-20(2)18-21(23)19-22(24)25-3/h20H,4-19H2,1-3H3/t20-/m0/s1. The fraction of sp³-hybridized carbons (Fsp3) is 0.909. The Morgan fingerprint density at radius 1 is 0.760 bits per heavy atom. The summed E-state index contributed by atoms with van der Waals surface area (Å²) in [5, 5.41) is 0. The van der Waals surface area contributed by atoms with Crippen LogP contribution < -0.4 is 0 Å². The minimum absolute atomic E-state index is 0.00837. The van der Waals surface area contributed by atoms with Gasteiger partial charge in [0.1, 0.15) is 12.2 Å². The number of rotatable bonds is 18. The van der Waals surface area contributed by atoms with Gasteiger partial charge in [-0.1, -0.05) is 104 Å². The molecule has 148 valence electrons. The molecule has 0 rings (SSSR count). The number of ether oxygens (including phenoxy) is 1. The molecular formula is C22H42O3. The molecule has 0 saturated carbocycles. The number of ketones is 1. The van der Waals surface area contributed by atoms with Gasteiger partial charge in [0.05, 0.1) is 7.11 Å². The predicted molar refractivity (Wildman–Crippen MR) is 106 cm³/mol. The molecule has 25 heavy (non-hydrogen) atoms. The zero-order valence-corrected chi connectivity index (χ0v) is 17.1. The quantitative estimate of drug-likeness (QED) is 0.158. The molecule has 0 unspecified atom stereocenters. The fourth-order valence-corrected chi connectivity index (χ4v) is 3.31. The molecule has 0 heterocycles. The normalized spacial score (nSPS) is 12.1. The van der Waals surface area contributed by atoms with E-state index in [9.17, 15) is 9.59 Å². The van der Waals surface area contributed by atoms with Crippen molar-refractivity contribution in [1.82, 2.24) is 0 Å². The third-order valence-corrected chi connectivity index (χ3v) is 4.95. The van der Waals surface area contributed by atoms with Gasteiger partial charge in [0.2, 0.25) is 0 Å². The molecule has 0 aromatic rings. The molecule has 3 heteroatoms. The molecular weight excluding hydrogens is 312 g/mol. The summed E-state index contributed by atoms with van der Waals surface area (Å²) in [6.07, 6.45) is 19.3. The first-order valence-electron chi connectivity index (χ1n) is 10.7. The Balaban J connectivity index is 3.29. The predicted octanol–water partition coefficient (Wildman–Crippen LogP) is 6.63. The highest BCUT2D eigenvalue weighted by molar-refractivity contribution is 5.95. The Labute approximate surface area is 156 Å². The van der Waals surface area contributed by atoms with E-state index in [0.717, 1.165) is 6.42 Å². The average molecular weight is 355 g/mol. The minimum atomic E-state index is -0.418. The molecule has 0 aliphatic rings. The molecule has 0 amide bonds. The van der Waals surface area contributed by atoms with Crippen molar-refractivity contribution >= 4 is 11.8 Å². The van der Waals surface area contributed by atoms with Gasteiger partial charge in [0.25, 0.3) is 0 Å². The number of methoxy groups -OCH3 is 1. The van der Waals surface area contributed by atoms with E-state index in [2.05, 4.69) is 18.6 Å². The number of Topliss-reactive ketones (excluding diaryl/α,β-unsaturated/α-hetero) is 1. The third kappa shape index (κ3) is 17.7. The van der Waals surface area contributed by atoms with E-state index in [1.807, 2.05) is 0 Å². The molecule has 0 saturated heterocycles. The van der Waals surface area contributed by atoms with Crippen molar-refractivity contribution in [2.45, 2.75) is 117 Å². The Kier molecular flexibility index (Phi) is 17.3. The summed E-state index contributed by atoms with van der Waals surface area (Å²) in [5.74, 6) is -0.0305. The lowest BCUT2D eigenvalue weighted by molar-refractivity contribution is -0.143. The Bertz CT molecular complexity index is 325. The van der Waals surface area contributed by atoms with Crippen LogP contribution in [0.3, 0.4) is 0 Å². The van der Waals surface area contributed by atoms with E-state index < -0.39 is 5.97 Å². The summed E-state index contributed by atoms with van der Waals surface area (Å²) >= 11 is 0. The second kappa shape index (κ2) is 17.9. The van der Waals surface area contributed by atoms with Crippen LogP contribution in [0, 0.1) is 5.92 Å². The van der Waals surface area contributed by atoms with Crippen LogP contribution in [0.1, 0.15) is 117 Å². The second-order valence-electron chi connectivity index (χ2n) is 7.63. The molecule has 1 atom stereocenters. The number of hydrogen-bond acceptors (Lipinski definition) is 3.